The molecule has 1 aromatic carbocycles. The summed E-state index contributed by atoms with van der Waals surface area (Å²) in [4.78, 5) is 11.7. The summed E-state index contributed by atoms with van der Waals surface area (Å²) in [5.41, 5.74) is 2.74. The minimum absolute atomic E-state index is 0.0535. The number of anilines is 1. The smallest absolute Gasteiger partial charge is 0.251 e. The lowest BCUT2D eigenvalue weighted by Gasteiger charge is -2.08. The van der Waals surface area contributed by atoms with Crippen molar-refractivity contribution in [1.82, 2.24) is 9.88 Å². The molecule has 5 heteroatoms. The van der Waals surface area contributed by atoms with E-state index in [1.807, 2.05) is 31.4 Å². The maximum absolute atomic E-state index is 11.7. The largest absolute Gasteiger partial charge is 0.395 e. The van der Waals surface area contributed by atoms with Crippen LogP contribution in [0, 0.1) is 0 Å². The van der Waals surface area contributed by atoms with Crippen molar-refractivity contribution in [2.75, 3.05) is 18.5 Å². The molecule has 1 heterocycles. The normalized spacial score (nSPS) is 10.3. The second kappa shape index (κ2) is 6.77. The zero-order chi connectivity index (χ0) is 14.4. The number of aryl methyl sites for hydroxylation is 1. The first-order chi connectivity index (χ1) is 9.70. The van der Waals surface area contributed by atoms with Gasteiger partial charge in [-0.3, -0.25) is 4.79 Å². The minimum atomic E-state index is -0.173. The molecular weight excluding hydrogens is 254 g/mol. The number of aliphatic hydroxyl groups is 1. The number of aliphatic hydroxyl groups excluding tert-OH is 1. The Balaban J connectivity index is 1.91. The van der Waals surface area contributed by atoms with Crippen LogP contribution in [-0.2, 0) is 13.6 Å². The Labute approximate surface area is 118 Å². The van der Waals surface area contributed by atoms with Gasteiger partial charge in [-0.05, 0) is 36.4 Å². The molecule has 1 amide bonds. The van der Waals surface area contributed by atoms with Crippen LogP contribution in [0.5, 0.6) is 0 Å². The van der Waals surface area contributed by atoms with Crippen LogP contribution in [0.1, 0.15) is 16.1 Å². The number of nitrogens with zero attached hydrogens (tertiary/aromatic N) is 1. The Hall–Kier alpha value is -2.27. The van der Waals surface area contributed by atoms with Gasteiger partial charge in [-0.2, -0.15) is 0 Å². The molecule has 5 nitrogen and oxygen atoms in total. The molecule has 0 aliphatic heterocycles. The second-order valence-electron chi connectivity index (χ2n) is 4.52. The van der Waals surface area contributed by atoms with Gasteiger partial charge in [0.1, 0.15) is 0 Å². The van der Waals surface area contributed by atoms with Crippen LogP contribution >= 0.6 is 0 Å². The van der Waals surface area contributed by atoms with Gasteiger partial charge in [0.05, 0.1) is 13.2 Å². The van der Waals surface area contributed by atoms with Crippen molar-refractivity contribution in [3.63, 3.8) is 0 Å². The number of amides is 1. The van der Waals surface area contributed by atoms with Crippen LogP contribution in [0.4, 0.5) is 5.69 Å². The molecule has 0 aliphatic carbocycles. The summed E-state index contributed by atoms with van der Waals surface area (Å²) in [5, 5.41) is 14.6. The number of nitrogens with one attached hydrogen (secondary N) is 2. The highest BCUT2D eigenvalue weighted by Gasteiger charge is 2.04. The first-order valence-corrected chi connectivity index (χ1v) is 6.54. The highest BCUT2D eigenvalue weighted by atomic mass is 16.3. The lowest BCUT2D eigenvalue weighted by atomic mass is 10.2. The van der Waals surface area contributed by atoms with E-state index in [1.165, 1.54) is 5.69 Å². The van der Waals surface area contributed by atoms with Gasteiger partial charge in [0, 0.05) is 36.7 Å². The van der Waals surface area contributed by atoms with E-state index in [1.54, 1.807) is 12.1 Å². The monoisotopic (exact) mass is 273 g/mol. The molecule has 2 rings (SSSR count). The number of benzene rings is 1. The fraction of sp³-hybridized carbons (Fsp3) is 0.267. The van der Waals surface area contributed by atoms with Crippen molar-refractivity contribution in [1.29, 1.82) is 0 Å². The second-order valence-corrected chi connectivity index (χ2v) is 4.52. The molecular formula is C15H19N3O2. The van der Waals surface area contributed by atoms with Gasteiger partial charge in [-0.1, -0.05) is 0 Å². The van der Waals surface area contributed by atoms with Crippen LogP contribution in [-0.4, -0.2) is 28.7 Å². The molecule has 0 fully saturated rings. The van der Waals surface area contributed by atoms with Crippen LogP contribution in [0.2, 0.25) is 0 Å². The molecule has 0 saturated heterocycles. The predicted molar refractivity (Wildman–Crippen MR) is 78.6 cm³/mol. The number of aromatic nitrogens is 1. The van der Waals surface area contributed by atoms with E-state index < -0.39 is 0 Å². The van der Waals surface area contributed by atoms with Crippen LogP contribution in [0.15, 0.2) is 42.6 Å². The summed E-state index contributed by atoms with van der Waals surface area (Å²) < 4.78 is 2.06. The number of carbonyl (C=O) groups excluding carboxylic acids is 1. The summed E-state index contributed by atoms with van der Waals surface area (Å²) in [5.74, 6) is -0.173. The Kier molecular flexibility index (Phi) is 4.79. The average Bonchev–Trinajstić information content (AvgIpc) is 2.88. The van der Waals surface area contributed by atoms with Crippen molar-refractivity contribution in [2.24, 2.45) is 7.05 Å². The summed E-state index contributed by atoms with van der Waals surface area (Å²) in [6.07, 6.45) is 2.01. The molecule has 1 aromatic heterocycles. The third kappa shape index (κ3) is 3.61. The highest BCUT2D eigenvalue weighted by molar-refractivity contribution is 5.94. The van der Waals surface area contributed by atoms with Crippen LogP contribution in [0.25, 0.3) is 0 Å². The van der Waals surface area contributed by atoms with Crippen molar-refractivity contribution in [3.8, 4) is 0 Å². The van der Waals surface area contributed by atoms with Crippen molar-refractivity contribution >= 4 is 11.6 Å². The summed E-state index contributed by atoms with van der Waals surface area (Å²) in [7, 11) is 2.01. The first-order valence-electron chi connectivity index (χ1n) is 6.54. The summed E-state index contributed by atoms with van der Waals surface area (Å²) >= 11 is 0. The number of hydrogen-bond donors (Lipinski definition) is 3. The standard InChI is InChI=1S/C15H19N3O2/c1-18-9-2-3-14(18)11-17-13-6-4-12(5-7-13)15(20)16-8-10-19/h2-7,9,17,19H,8,10-11H2,1H3,(H,16,20). The van der Waals surface area contributed by atoms with Gasteiger partial charge >= 0.3 is 0 Å². The lowest BCUT2D eigenvalue weighted by molar-refractivity contribution is 0.0945. The molecule has 3 N–H and O–H groups in total. The van der Waals surface area contributed by atoms with Crippen LogP contribution in [0.3, 0.4) is 0 Å². The topological polar surface area (TPSA) is 66.3 Å². The third-order valence-corrected chi connectivity index (χ3v) is 3.07. The van der Waals surface area contributed by atoms with Crippen molar-refractivity contribution < 1.29 is 9.90 Å². The van der Waals surface area contributed by atoms with E-state index in [2.05, 4.69) is 21.3 Å². The van der Waals surface area contributed by atoms with Gasteiger partial charge in [0.2, 0.25) is 0 Å². The van der Waals surface area contributed by atoms with Gasteiger partial charge in [-0.25, -0.2) is 0 Å². The van der Waals surface area contributed by atoms with Gasteiger partial charge in [-0.15, -0.1) is 0 Å². The lowest BCUT2D eigenvalue weighted by Crippen LogP contribution is -2.26. The van der Waals surface area contributed by atoms with E-state index in [0.29, 0.717) is 5.56 Å². The first kappa shape index (κ1) is 14.1. The van der Waals surface area contributed by atoms with E-state index in [-0.39, 0.29) is 19.1 Å². The van der Waals surface area contributed by atoms with E-state index >= 15 is 0 Å². The van der Waals surface area contributed by atoms with E-state index in [4.69, 9.17) is 5.11 Å². The average molecular weight is 273 g/mol. The third-order valence-electron chi connectivity index (χ3n) is 3.07. The number of carbonyl (C=O) groups is 1. The van der Waals surface area contributed by atoms with E-state index in [0.717, 1.165) is 12.2 Å². The minimum Gasteiger partial charge on any atom is -0.395 e. The predicted octanol–water partition coefficient (Wildman–Crippen LogP) is 1.36. The molecule has 20 heavy (non-hydrogen) atoms. The number of hydrogen-bond acceptors (Lipinski definition) is 3. The molecule has 0 bridgehead atoms. The molecule has 0 atom stereocenters. The molecule has 0 saturated carbocycles. The Morgan fingerprint density at radius 1 is 1.25 bits per heavy atom. The maximum Gasteiger partial charge on any atom is 0.251 e. The fourth-order valence-corrected chi connectivity index (χ4v) is 1.88. The maximum atomic E-state index is 11.7. The summed E-state index contributed by atoms with van der Waals surface area (Å²) in [6, 6.07) is 11.3. The number of rotatable bonds is 6. The van der Waals surface area contributed by atoms with Gasteiger partial charge < -0.3 is 20.3 Å². The molecule has 2 aromatic rings. The molecule has 0 radical (unpaired) electrons. The quantitative estimate of drug-likeness (QED) is 0.744. The van der Waals surface area contributed by atoms with Crippen molar-refractivity contribution in [2.45, 2.75) is 6.54 Å². The SMILES string of the molecule is Cn1cccc1CNc1ccc(C(=O)NCCO)cc1. The van der Waals surface area contributed by atoms with Gasteiger partial charge in [0.15, 0.2) is 0 Å². The van der Waals surface area contributed by atoms with E-state index in [9.17, 15) is 4.79 Å². The van der Waals surface area contributed by atoms with Gasteiger partial charge in [0.25, 0.3) is 5.91 Å². The molecule has 0 unspecified atom stereocenters. The molecule has 0 aliphatic rings. The Morgan fingerprint density at radius 2 is 2.00 bits per heavy atom. The highest BCUT2D eigenvalue weighted by Crippen LogP contribution is 2.11. The summed E-state index contributed by atoms with van der Waals surface area (Å²) in [6.45, 7) is 0.952. The van der Waals surface area contributed by atoms with Crippen molar-refractivity contribution in [3.05, 3.63) is 53.9 Å². The van der Waals surface area contributed by atoms with Crippen LogP contribution < -0.4 is 10.6 Å². The Morgan fingerprint density at radius 3 is 2.60 bits per heavy atom. The Bertz CT molecular complexity index is 561. The molecule has 0 spiro atoms. The fourth-order valence-electron chi connectivity index (χ4n) is 1.88. The molecule has 106 valence electrons. The zero-order valence-corrected chi connectivity index (χ0v) is 11.5. The zero-order valence-electron chi connectivity index (χ0n) is 11.5.